The Hall–Kier alpha value is -2.68. The number of rotatable bonds is 2. The summed E-state index contributed by atoms with van der Waals surface area (Å²) in [5, 5.41) is 15.3. The largest absolute Gasteiger partial charge is 0.306 e. The molecule has 5 nitrogen and oxygen atoms in total. The van der Waals surface area contributed by atoms with Crippen molar-refractivity contribution in [2.75, 3.05) is 5.32 Å². The molecule has 0 radical (unpaired) electrons. The number of amides is 1. The lowest BCUT2D eigenvalue weighted by molar-refractivity contribution is 0.102. The maximum absolute atomic E-state index is 12.7. The molecule has 1 N–H and O–H groups in total. The van der Waals surface area contributed by atoms with Crippen LogP contribution >= 0.6 is 0 Å². The number of aromatic nitrogens is 2. The highest BCUT2D eigenvalue weighted by atomic mass is 19.1. The van der Waals surface area contributed by atoms with E-state index in [-0.39, 0.29) is 5.56 Å². The fraction of sp³-hybridized carbons (Fsp3) is 0.0833. The summed E-state index contributed by atoms with van der Waals surface area (Å²) in [6.45, 7) is 0. The van der Waals surface area contributed by atoms with Gasteiger partial charge in [0.2, 0.25) is 0 Å². The molecule has 0 spiro atoms. The van der Waals surface area contributed by atoms with Gasteiger partial charge in [-0.05, 0) is 24.3 Å². The van der Waals surface area contributed by atoms with Crippen LogP contribution < -0.4 is 5.32 Å². The molecule has 0 aliphatic rings. The number of anilines is 1. The van der Waals surface area contributed by atoms with Crippen LogP contribution in [0.5, 0.6) is 0 Å². The van der Waals surface area contributed by atoms with Gasteiger partial charge < -0.3 is 5.32 Å². The van der Waals surface area contributed by atoms with E-state index >= 15 is 0 Å². The van der Waals surface area contributed by atoms with Crippen LogP contribution in [0.4, 0.5) is 10.2 Å². The van der Waals surface area contributed by atoms with Crippen molar-refractivity contribution < 1.29 is 9.18 Å². The summed E-state index contributed by atoms with van der Waals surface area (Å²) in [5.74, 6) is -0.522. The predicted octanol–water partition coefficient (Wildman–Crippen LogP) is 1.68. The van der Waals surface area contributed by atoms with E-state index in [4.69, 9.17) is 5.26 Å². The number of nitrogens with one attached hydrogen (secondary N) is 1. The van der Waals surface area contributed by atoms with Crippen molar-refractivity contribution in [3.63, 3.8) is 0 Å². The Bertz CT molecular complexity index is 625. The van der Waals surface area contributed by atoms with Gasteiger partial charge in [0.15, 0.2) is 0 Å². The van der Waals surface area contributed by atoms with Crippen molar-refractivity contribution in [1.29, 1.82) is 5.26 Å². The van der Waals surface area contributed by atoms with Gasteiger partial charge in [-0.2, -0.15) is 10.4 Å². The van der Waals surface area contributed by atoms with E-state index in [9.17, 15) is 9.18 Å². The highest BCUT2D eigenvalue weighted by Crippen LogP contribution is 2.14. The van der Waals surface area contributed by atoms with Gasteiger partial charge in [-0.3, -0.25) is 9.48 Å². The summed E-state index contributed by atoms with van der Waals surface area (Å²) >= 11 is 0. The number of carbonyl (C=O) groups excluding carboxylic acids is 1. The number of nitriles is 1. The third kappa shape index (κ3) is 2.20. The Labute approximate surface area is 102 Å². The topological polar surface area (TPSA) is 70.7 Å². The summed E-state index contributed by atoms with van der Waals surface area (Å²) in [4.78, 5) is 11.9. The number of nitrogens with zero attached hydrogens (tertiary/aromatic N) is 3. The van der Waals surface area contributed by atoms with Crippen molar-refractivity contribution in [1.82, 2.24) is 9.78 Å². The molecular weight excluding hydrogens is 235 g/mol. The van der Waals surface area contributed by atoms with E-state index in [1.165, 1.54) is 35.1 Å². The minimum Gasteiger partial charge on any atom is -0.306 e. The van der Waals surface area contributed by atoms with Crippen molar-refractivity contribution in [3.8, 4) is 6.07 Å². The second-order valence-corrected chi connectivity index (χ2v) is 3.60. The van der Waals surface area contributed by atoms with Gasteiger partial charge in [0.25, 0.3) is 5.91 Å². The van der Waals surface area contributed by atoms with Gasteiger partial charge >= 0.3 is 0 Å². The summed E-state index contributed by atoms with van der Waals surface area (Å²) in [6, 6.07) is 7.06. The summed E-state index contributed by atoms with van der Waals surface area (Å²) in [5.41, 5.74) is 0.578. The first-order valence-electron chi connectivity index (χ1n) is 5.11. The fourth-order valence-electron chi connectivity index (χ4n) is 1.45. The molecule has 0 bridgehead atoms. The van der Waals surface area contributed by atoms with E-state index < -0.39 is 11.7 Å². The van der Waals surface area contributed by atoms with Crippen molar-refractivity contribution >= 4 is 11.7 Å². The summed E-state index contributed by atoms with van der Waals surface area (Å²) in [6.07, 6.45) is 1.36. The van der Waals surface area contributed by atoms with Crippen molar-refractivity contribution in [2.45, 2.75) is 0 Å². The monoisotopic (exact) mass is 244 g/mol. The lowest BCUT2D eigenvalue weighted by Gasteiger charge is -2.05. The number of aryl methyl sites for hydroxylation is 1. The molecule has 0 saturated heterocycles. The summed E-state index contributed by atoms with van der Waals surface area (Å²) in [7, 11) is 1.61. The molecule has 0 atom stereocenters. The molecule has 1 aromatic heterocycles. The third-order valence-electron chi connectivity index (χ3n) is 2.40. The van der Waals surface area contributed by atoms with Crippen LogP contribution in [0.1, 0.15) is 15.9 Å². The molecule has 6 heteroatoms. The first kappa shape index (κ1) is 11.8. The molecular formula is C12H9FN4O. The second-order valence-electron chi connectivity index (χ2n) is 3.60. The van der Waals surface area contributed by atoms with Crippen LogP contribution in [0.2, 0.25) is 0 Å². The molecule has 0 aliphatic heterocycles. The van der Waals surface area contributed by atoms with E-state index in [1.807, 2.05) is 6.07 Å². The highest BCUT2D eigenvalue weighted by molar-refractivity contribution is 6.04. The molecule has 0 aliphatic carbocycles. The molecule has 0 unspecified atom stereocenters. The Morgan fingerprint density at radius 2 is 2.11 bits per heavy atom. The van der Waals surface area contributed by atoms with Gasteiger partial charge in [-0.15, -0.1) is 0 Å². The first-order valence-corrected chi connectivity index (χ1v) is 5.11. The molecule has 1 aromatic carbocycles. The molecule has 2 rings (SSSR count). The first-order chi connectivity index (χ1) is 8.61. The van der Waals surface area contributed by atoms with Gasteiger partial charge in [0.1, 0.15) is 23.3 Å². The zero-order valence-corrected chi connectivity index (χ0v) is 9.51. The number of benzene rings is 1. The third-order valence-corrected chi connectivity index (χ3v) is 2.40. The number of halogens is 1. The number of hydrogen-bond donors (Lipinski definition) is 1. The summed E-state index contributed by atoms with van der Waals surface area (Å²) < 4.78 is 14.1. The fourth-order valence-corrected chi connectivity index (χ4v) is 1.45. The second kappa shape index (κ2) is 4.67. The number of hydrogen-bond acceptors (Lipinski definition) is 3. The Kier molecular flexibility index (Phi) is 3.06. The minimum atomic E-state index is -0.421. The van der Waals surface area contributed by atoms with Crippen LogP contribution in [0.15, 0.2) is 30.5 Å². The Morgan fingerprint density at radius 3 is 2.72 bits per heavy atom. The van der Waals surface area contributed by atoms with Gasteiger partial charge in [0, 0.05) is 12.6 Å². The Balaban J connectivity index is 2.24. The lowest BCUT2D eigenvalue weighted by Crippen LogP contribution is -2.15. The molecule has 0 saturated carbocycles. The van der Waals surface area contributed by atoms with Gasteiger partial charge in [0.05, 0.1) is 6.20 Å². The quantitative estimate of drug-likeness (QED) is 0.873. The zero-order valence-electron chi connectivity index (χ0n) is 9.51. The minimum absolute atomic E-state index is 0.271. The molecule has 1 heterocycles. The standard InChI is InChI=1S/C12H9FN4O/c1-17-11(9(6-14)7-15-17)16-12(18)8-2-4-10(13)5-3-8/h2-5,7H,1H3,(H,16,18). The molecule has 1 amide bonds. The van der Waals surface area contributed by atoms with E-state index in [2.05, 4.69) is 10.4 Å². The van der Waals surface area contributed by atoms with Crippen LogP contribution in [-0.2, 0) is 7.05 Å². The Morgan fingerprint density at radius 1 is 1.44 bits per heavy atom. The highest BCUT2D eigenvalue weighted by Gasteiger charge is 2.12. The molecule has 90 valence electrons. The van der Waals surface area contributed by atoms with Crippen LogP contribution in [0, 0.1) is 17.1 Å². The zero-order chi connectivity index (χ0) is 13.1. The van der Waals surface area contributed by atoms with E-state index in [0.29, 0.717) is 11.4 Å². The SMILES string of the molecule is Cn1ncc(C#N)c1NC(=O)c1ccc(F)cc1. The smallest absolute Gasteiger partial charge is 0.256 e. The lowest BCUT2D eigenvalue weighted by atomic mass is 10.2. The molecule has 18 heavy (non-hydrogen) atoms. The van der Waals surface area contributed by atoms with Crippen molar-refractivity contribution in [3.05, 3.63) is 47.4 Å². The average Bonchev–Trinajstić information content (AvgIpc) is 2.71. The maximum atomic E-state index is 12.7. The van der Waals surface area contributed by atoms with Gasteiger partial charge in [-0.25, -0.2) is 4.39 Å². The van der Waals surface area contributed by atoms with Crippen molar-refractivity contribution in [2.24, 2.45) is 7.05 Å². The average molecular weight is 244 g/mol. The maximum Gasteiger partial charge on any atom is 0.256 e. The van der Waals surface area contributed by atoms with E-state index in [0.717, 1.165) is 0 Å². The van der Waals surface area contributed by atoms with E-state index in [1.54, 1.807) is 7.05 Å². The van der Waals surface area contributed by atoms with Crippen LogP contribution in [0.3, 0.4) is 0 Å². The van der Waals surface area contributed by atoms with Crippen LogP contribution in [0.25, 0.3) is 0 Å². The number of carbonyl (C=O) groups is 1. The normalized spacial score (nSPS) is 9.83. The predicted molar refractivity (Wildman–Crippen MR) is 62.3 cm³/mol. The molecule has 0 fully saturated rings. The molecule has 2 aromatic rings. The van der Waals surface area contributed by atoms with Gasteiger partial charge in [-0.1, -0.05) is 0 Å². The van der Waals surface area contributed by atoms with Crippen LogP contribution in [-0.4, -0.2) is 15.7 Å².